The number of amides is 1. The highest BCUT2D eigenvalue weighted by Crippen LogP contribution is 2.23. The Hall–Kier alpha value is -2.80. The molecule has 1 N–H and O–H groups in total. The summed E-state index contributed by atoms with van der Waals surface area (Å²) < 4.78 is 2.56. The highest BCUT2D eigenvalue weighted by molar-refractivity contribution is 7.99. The van der Waals surface area contributed by atoms with Crippen molar-refractivity contribution in [3.63, 3.8) is 0 Å². The van der Waals surface area contributed by atoms with Crippen LogP contribution < -0.4 is 10.0 Å². The molecule has 128 valence electrons. The number of carbonyl (C=O) groups is 1. The Balaban J connectivity index is 1.72. The van der Waals surface area contributed by atoms with E-state index in [0.29, 0.717) is 10.7 Å². The molecule has 0 aliphatic rings. The molecule has 0 atom stereocenters. The topological polar surface area (TPSA) is 73.9 Å². The van der Waals surface area contributed by atoms with Crippen molar-refractivity contribution >= 4 is 23.4 Å². The summed E-state index contributed by atoms with van der Waals surface area (Å²) in [5.74, 6) is -0.0190. The van der Waals surface area contributed by atoms with E-state index in [1.807, 2.05) is 44.2 Å². The molecule has 0 saturated heterocycles. The van der Waals surface area contributed by atoms with Crippen molar-refractivity contribution in [1.29, 1.82) is 0 Å². The largest absolute Gasteiger partial charge is 0.618 e. The zero-order chi connectivity index (χ0) is 17.8. The summed E-state index contributed by atoms with van der Waals surface area (Å²) in [5.41, 5.74) is 3.26. The lowest BCUT2D eigenvalue weighted by Gasteiger charge is -2.07. The van der Waals surface area contributed by atoms with Crippen molar-refractivity contribution in [3.8, 4) is 5.69 Å². The monoisotopic (exact) mass is 354 g/mol. The Morgan fingerprint density at radius 2 is 1.92 bits per heavy atom. The lowest BCUT2D eigenvalue weighted by Crippen LogP contribution is -2.28. The van der Waals surface area contributed by atoms with Crippen LogP contribution in [0.2, 0.25) is 0 Å². The smallest absolute Gasteiger partial charge is 0.251 e. The Bertz CT molecular complexity index is 893. The number of benzene rings is 1. The standard InChI is InChI=1S/C18H18N4O2S/c1-13-18(14(2)22(20-13)15-8-4-3-5-9-15)19-16(23)12-25-17-10-6-7-11-21(17)24/h3-11H,12H2,1-2H3,(H,19,23). The summed E-state index contributed by atoms with van der Waals surface area (Å²) >= 11 is 1.20. The van der Waals surface area contributed by atoms with E-state index in [9.17, 15) is 10.0 Å². The number of aromatic nitrogens is 3. The number of carbonyl (C=O) groups excluding carboxylic acids is 1. The molecule has 0 aliphatic heterocycles. The molecule has 0 unspecified atom stereocenters. The Morgan fingerprint density at radius 1 is 1.20 bits per heavy atom. The zero-order valence-electron chi connectivity index (χ0n) is 14.0. The average Bonchev–Trinajstić information content (AvgIpc) is 2.90. The quantitative estimate of drug-likeness (QED) is 0.434. The molecule has 0 bridgehead atoms. The first kappa shape index (κ1) is 17.0. The highest BCUT2D eigenvalue weighted by atomic mass is 32.2. The van der Waals surface area contributed by atoms with Crippen LogP contribution in [0.4, 0.5) is 5.69 Å². The van der Waals surface area contributed by atoms with Crippen molar-refractivity contribution in [3.05, 3.63) is 71.3 Å². The number of hydrogen-bond donors (Lipinski definition) is 1. The number of para-hydroxylation sites is 1. The molecule has 25 heavy (non-hydrogen) atoms. The van der Waals surface area contributed by atoms with Crippen molar-refractivity contribution in [2.45, 2.75) is 18.9 Å². The van der Waals surface area contributed by atoms with Gasteiger partial charge in [-0.05, 0) is 43.8 Å². The van der Waals surface area contributed by atoms with E-state index in [0.717, 1.165) is 21.8 Å². The van der Waals surface area contributed by atoms with Gasteiger partial charge in [-0.25, -0.2) is 4.68 Å². The number of nitrogens with one attached hydrogen (secondary N) is 1. The van der Waals surface area contributed by atoms with Crippen LogP contribution in [0.1, 0.15) is 11.4 Å². The third-order valence-corrected chi connectivity index (χ3v) is 4.71. The second-order valence-electron chi connectivity index (χ2n) is 5.49. The molecular weight excluding hydrogens is 336 g/mol. The fourth-order valence-electron chi connectivity index (χ4n) is 2.48. The second kappa shape index (κ2) is 7.40. The number of anilines is 1. The van der Waals surface area contributed by atoms with Gasteiger partial charge in [0, 0.05) is 12.1 Å². The molecule has 7 heteroatoms. The summed E-state index contributed by atoms with van der Waals surface area (Å²) in [6, 6.07) is 14.9. The van der Waals surface area contributed by atoms with E-state index < -0.39 is 0 Å². The van der Waals surface area contributed by atoms with Crippen LogP contribution in [0.3, 0.4) is 0 Å². The molecule has 2 aromatic heterocycles. The molecule has 3 rings (SSSR count). The van der Waals surface area contributed by atoms with Gasteiger partial charge >= 0.3 is 0 Å². The molecular formula is C18H18N4O2S. The van der Waals surface area contributed by atoms with Gasteiger partial charge in [0.05, 0.1) is 28.5 Å². The fraction of sp³-hybridized carbons (Fsp3) is 0.167. The van der Waals surface area contributed by atoms with E-state index in [1.54, 1.807) is 22.9 Å². The molecule has 1 aromatic carbocycles. The van der Waals surface area contributed by atoms with Gasteiger partial charge in [0.25, 0.3) is 5.03 Å². The number of hydrogen-bond acceptors (Lipinski definition) is 4. The minimum Gasteiger partial charge on any atom is -0.618 e. The minimum atomic E-state index is -0.173. The average molecular weight is 354 g/mol. The molecule has 1 amide bonds. The summed E-state index contributed by atoms with van der Waals surface area (Å²) in [7, 11) is 0. The maximum Gasteiger partial charge on any atom is 0.251 e. The van der Waals surface area contributed by atoms with Gasteiger partial charge in [0.2, 0.25) is 5.91 Å². The summed E-state index contributed by atoms with van der Waals surface area (Å²) in [4.78, 5) is 12.3. The molecule has 6 nitrogen and oxygen atoms in total. The predicted octanol–water partition coefficient (Wildman–Crippen LogP) is 2.85. The highest BCUT2D eigenvalue weighted by Gasteiger charge is 2.16. The third kappa shape index (κ3) is 3.83. The molecule has 3 aromatic rings. The molecule has 0 radical (unpaired) electrons. The van der Waals surface area contributed by atoms with Crippen molar-refractivity contribution in [2.75, 3.05) is 11.1 Å². The minimum absolute atomic E-state index is 0.154. The summed E-state index contributed by atoms with van der Waals surface area (Å²) in [6.07, 6.45) is 1.42. The maximum atomic E-state index is 12.3. The molecule has 0 saturated carbocycles. The van der Waals surface area contributed by atoms with Crippen molar-refractivity contribution < 1.29 is 9.52 Å². The van der Waals surface area contributed by atoms with Gasteiger partial charge in [0.15, 0.2) is 6.20 Å². The number of pyridine rings is 1. The first-order valence-corrected chi connectivity index (χ1v) is 8.77. The molecule has 0 fully saturated rings. The fourth-order valence-corrected chi connectivity index (χ4v) is 3.20. The van der Waals surface area contributed by atoms with Crippen LogP contribution in [0.15, 0.2) is 59.8 Å². The number of thioether (sulfide) groups is 1. The lowest BCUT2D eigenvalue weighted by atomic mass is 10.3. The molecule has 2 heterocycles. The van der Waals surface area contributed by atoms with Gasteiger partial charge in [0.1, 0.15) is 0 Å². The van der Waals surface area contributed by atoms with Gasteiger partial charge in [-0.15, -0.1) is 0 Å². The Morgan fingerprint density at radius 3 is 2.64 bits per heavy atom. The SMILES string of the molecule is Cc1nn(-c2ccccc2)c(C)c1NC(=O)CSc1cccc[n+]1[O-]. The maximum absolute atomic E-state index is 12.3. The van der Waals surface area contributed by atoms with E-state index in [1.165, 1.54) is 18.0 Å². The first-order valence-electron chi connectivity index (χ1n) is 7.79. The van der Waals surface area contributed by atoms with Gasteiger partial charge < -0.3 is 10.5 Å². The first-order chi connectivity index (χ1) is 12.1. The number of nitrogens with zero attached hydrogens (tertiary/aromatic N) is 3. The predicted molar refractivity (Wildman–Crippen MR) is 97.8 cm³/mol. The van der Waals surface area contributed by atoms with Crippen LogP contribution in [0, 0.1) is 19.1 Å². The van der Waals surface area contributed by atoms with Crippen molar-refractivity contribution in [1.82, 2.24) is 9.78 Å². The molecule has 0 aliphatic carbocycles. The van der Waals surface area contributed by atoms with E-state index >= 15 is 0 Å². The van der Waals surface area contributed by atoms with Crippen LogP contribution in [-0.4, -0.2) is 21.4 Å². The van der Waals surface area contributed by atoms with Crippen molar-refractivity contribution in [2.24, 2.45) is 0 Å². The Labute approximate surface area is 150 Å². The summed E-state index contributed by atoms with van der Waals surface area (Å²) in [5, 5.41) is 19.5. The lowest BCUT2D eigenvalue weighted by molar-refractivity contribution is -0.645. The molecule has 0 spiro atoms. The Kier molecular flexibility index (Phi) is 5.04. The summed E-state index contributed by atoms with van der Waals surface area (Å²) in [6.45, 7) is 3.77. The van der Waals surface area contributed by atoms with Gasteiger partial charge in [-0.3, -0.25) is 4.79 Å². The van der Waals surface area contributed by atoms with Crippen LogP contribution in [-0.2, 0) is 4.79 Å². The van der Waals surface area contributed by atoms with E-state index in [2.05, 4.69) is 10.4 Å². The van der Waals surface area contributed by atoms with Crippen LogP contribution in [0.5, 0.6) is 0 Å². The van der Waals surface area contributed by atoms with Gasteiger partial charge in [-0.2, -0.15) is 9.83 Å². The number of aryl methyl sites for hydroxylation is 1. The van der Waals surface area contributed by atoms with E-state index in [4.69, 9.17) is 0 Å². The third-order valence-electron chi connectivity index (χ3n) is 3.70. The van der Waals surface area contributed by atoms with Crippen LogP contribution >= 0.6 is 11.8 Å². The van der Waals surface area contributed by atoms with Gasteiger partial charge in [-0.1, -0.05) is 18.2 Å². The zero-order valence-corrected chi connectivity index (χ0v) is 14.8. The second-order valence-corrected chi connectivity index (χ2v) is 6.49. The van der Waals surface area contributed by atoms with Crippen LogP contribution in [0.25, 0.3) is 5.69 Å². The normalized spacial score (nSPS) is 10.6. The van der Waals surface area contributed by atoms with E-state index in [-0.39, 0.29) is 11.7 Å². The number of rotatable bonds is 5.